The van der Waals surface area contributed by atoms with Gasteiger partial charge >= 0.3 is 6.18 Å². The van der Waals surface area contributed by atoms with Crippen molar-refractivity contribution < 1.29 is 27.8 Å². The van der Waals surface area contributed by atoms with Crippen molar-refractivity contribution in [3.63, 3.8) is 0 Å². The number of fused-ring (bicyclic) bond motifs is 2. The van der Waals surface area contributed by atoms with Gasteiger partial charge in [0.1, 0.15) is 5.69 Å². The molecule has 1 N–H and O–H groups in total. The molecule has 1 aromatic carbocycles. The fraction of sp³-hybridized carbons (Fsp3) is 0.625. The summed E-state index contributed by atoms with van der Waals surface area (Å²) in [6.07, 6.45) is -1.89. The molecule has 1 amide bonds. The summed E-state index contributed by atoms with van der Waals surface area (Å²) >= 11 is 0. The first kappa shape index (κ1) is 27.1. The summed E-state index contributed by atoms with van der Waals surface area (Å²) in [5, 5.41) is 18.0. The van der Waals surface area contributed by atoms with Crippen molar-refractivity contribution in [2.24, 2.45) is 5.92 Å². The van der Waals surface area contributed by atoms with Gasteiger partial charge in [0.25, 0.3) is 0 Å². The molecule has 0 saturated carbocycles. The first-order chi connectivity index (χ1) is 16.6. The van der Waals surface area contributed by atoms with Gasteiger partial charge in [-0.2, -0.15) is 13.2 Å². The van der Waals surface area contributed by atoms with Crippen LogP contribution >= 0.6 is 0 Å². The van der Waals surface area contributed by atoms with Gasteiger partial charge in [0.05, 0.1) is 37.1 Å². The van der Waals surface area contributed by atoms with E-state index < -0.39 is 11.7 Å². The van der Waals surface area contributed by atoms with E-state index in [1.807, 2.05) is 32.0 Å². The maximum absolute atomic E-state index is 12.9. The zero-order chi connectivity index (χ0) is 25.6. The maximum atomic E-state index is 12.9. The summed E-state index contributed by atoms with van der Waals surface area (Å²) in [6.45, 7) is 5.85. The van der Waals surface area contributed by atoms with Gasteiger partial charge in [-0.15, -0.1) is 5.10 Å². The molecule has 2 heterocycles. The first-order valence-electron chi connectivity index (χ1n) is 11.8. The van der Waals surface area contributed by atoms with E-state index in [0.717, 1.165) is 17.7 Å². The minimum absolute atomic E-state index is 0.0326. The Labute approximate surface area is 203 Å². The molecule has 0 aliphatic carbocycles. The Kier molecular flexibility index (Phi) is 9.26. The van der Waals surface area contributed by atoms with Crippen LogP contribution < -0.4 is 0 Å². The minimum atomic E-state index is -4.36. The number of alkyl halides is 3. The van der Waals surface area contributed by atoms with Gasteiger partial charge in [0, 0.05) is 38.5 Å². The van der Waals surface area contributed by atoms with Crippen molar-refractivity contribution in [1.29, 1.82) is 0 Å². The third-order valence-electron chi connectivity index (χ3n) is 6.27. The van der Waals surface area contributed by atoms with Gasteiger partial charge in [-0.05, 0) is 38.1 Å². The Balaban J connectivity index is 1.74. The van der Waals surface area contributed by atoms with Crippen molar-refractivity contribution >= 4 is 5.91 Å². The molecule has 0 radical (unpaired) electrons. The Bertz CT molecular complexity index is 951. The van der Waals surface area contributed by atoms with Crippen molar-refractivity contribution in [1.82, 2.24) is 24.8 Å². The molecule has 0 saturated heterocycles. The Morgan fingerprint density at radius 3 is 2.66 bits per heavy atom. The van der Waals surface area contributed by atoms with Crippen LogP contribution in [0.4, 0.5) is 13.2 Å². The summed E-state index contributed by atoms with van der Waals surface area (Å²) in [5.41, 5.74) is 0.775. The molecular formula is C24H34F3N5O3. The number of aliphatic hydroxyl groups excluding tert-OH is 1. The first-order valence-corrected chi connectivity index (χ1v) is 11.8. The lowest BCUT2D eigenvalue weighted by Crippen LogP contribution is -2.47. The number of aliphatic hydroxyl groups is 1. The van der Waals surface area contributed by atoms with Crippen LogP contribution in [0.25, 0.3) is 0 Å². The molecule has 8 nitrogen and oxygen atoms in total. The van der Waals surface area contributed by atoms with E-state index in [1.54, 1.807) is 9.58 Å². The number of amides is 1. The minimum Gasteiger partial charge on any atom is -0.394 e. The number of carbonyl (C=O) groups excluding carboxylic acids is 1. The zero-order valence-electron chi connectivity index (χ0n) is 20.4. The lowest BCUT2D eigenvalue weighted by atomic mass is 10.0. The molecule has 1 aliphatic rings. The molecule has 2 aromatic rings. The second-order valence-electron chi connectivity index (χ2n) is 9.37. The number of rotatable bonds is 6. The third kappa shape index (κ3) is 7.74. The van der Waals surface area contributed by atoms with Crippen LogP contribution in [0.3, 0.4) is 0 Å². The Morgan fingerprint density at radius 2 is 2.00 bits per heavy atom. The van der Waals surface area contributed by atoms with Gasteiger partial charge in [0.2, 0.25) is 5.91 Å². The molecule has 11 heteroatoms. The van der Waals surface area contributed by atoms with Crippen molar-refractivity contribution in [2.75, 3.05) is 26.7 Å². The van der Waals surface area contributed by atoms with Gasteiger partial charge in [-0.25, -0.2) is 0 Å². The van der Waals surface area contributed by atoms with E-state index in [0.29, 0.717) is 44.7 Å². The smallest absolute Gasteiger partial charge is 0.394 e. The molecule has 3 rings (SSSR count). The van der Waals surface area contributed by atoms with Crippen LogP contribution in [-0.4, -0.2) is 74.7 Å². The normalized spacial score (nSPS) is 21.4. The number of nitrogens with zero attached hydrogens (tertiary/aromatic N) is 5. The van der Waals surface area contributed by atoms with Crippen LogP contribution in [0.1, 0.15) is 43.5 Å². The molecule has 194 valence electrons. The van der Waals surface area contributed by atoms with Crippen molar-refractivity contribution in [3.05, 3.63) is 47.3 Å². The number of halogens is 3. The van der Waals surface area contributed by atoms with E-state index in [4.69, 9.17) is 4.74 Å². The Hall–Kier alpha value is -2.50. The highest BCUT2D eigenvalue weighted by molar-refractivity contribution is 5.76. The number of hydrogen-bond acceptors (Lipinski definition) is 6. The Morgan fingerprint density at radius 1 is 1.29 bits per heavy atom. The van der Waals surface area contributed by atoms with Crippen LogP contribution in [0.2, 0.25) is 0 Å². The number of benzene rings is 1. The molecule has 0 fully saturated rings. The number of hydrogen-bond donors (Lipinski definition) is 1. The van der Waals surface area contributed by atoms with Crippen LogP contribution in [0, 0.1) is 5.92 Å². The highest BCUT2D eigenvalue weighted by Gasteiger charge is 2.30. The molecule has 1 aliphatic heterocycles. The predicted molar refractivity (Wildman–Crippen MR) is 123 cm³/mol. The van der Waals surface area contributed by atoms with Crippen molar-refractivity contribution in [3.8, 4) is 0 Å². The molecule has 0 unspecified atom stereocenters. The number of aromatic nitrogens is 3. The fourth-order valence-corrected chi connectivity index (χ4v) is 4.18. The maximum Gasteiger partial charge on any atom is 0.416 e. The summed E-state index contributed by atoms with van der Waals surface area (Å²) in [6, 6.07) is 4.82. The molecule has 3 atom stereocenters. The van der Waals surface area contributed by atoms with Gasteiger partial charge in [-0.1, -0.05) is 24.3 Å². The number of carbonyl (C=O) groups is 1. The van der Waals surface area contributed by atoms with Gasteiger partial charge in [0.15, 0.2) is 0 Å². The van der Waals surface area contributed by atoms with E-state index >= 15 is 0 Å². The van der Waals surface area contributed by atoms with Gasteiger partial charge in [-0.3, -0.25) is 14.4 Å². The molecule has 1 aromatic heterocycles. The SMILES string of the molecule is C[C@@H]1CN([C@@H](C)CO)C(=O)CCCn2cc(nn2)CO[C@@H]1CN(C)Cc1ccc(C(F)(F)F)cc1. The van der Waals surface area contributed by atoms with E-state index in [2.05, 4.69) is 10.3 Å². The topological polar surface area (TPSA) is 83.7 Å². The molecular weight excluding hydrogens is 463 g/mol. The summed E-state index contributed by atoms with van der Waals surface area (Å²) in [7, 11) is 1.88. The molecule has 35 heavy (non-hydrogen) atoms. The lowest BCUT2D eigenvalue weighted by Gasteiger charge is -2.35. The molecule has 0 spiro atoms. The standard InChI is InChI=1S/C24H34F3N5O3/c1-17-11-32(18(2)15-33)23(34)5-4-10-31-13-21(28-29-31)16-35-22(17)14-30(3)12-19-6-8-20(9-7-19)24(25,26)27/h6-9,13,17-18,22,33H,4-5,10-12,14-16H2,1-3H3/t17-,18+,22-/m1/s1. The monoisotopic (exact) mass is 497 g/mol. The lowest BCUT2D eigenvalue weighted by molar-refractivity contribution is -0.137. The predicted octanol–water partition coefficient (Wildman–Crippen LogP) is 2.95. The second-order valence-corrected chi connectivity index (χ2v) is 9.37. The highest BCUT2D eigenvalue weighted by Crippen LogP contribution is 2.29. The number of likely N-dealkylation sites (N-methyl/N-ethyl adjacent to an activating group) is 1. The number of ether oxygens (including phenoxy) is 1. The average Bonchev–Trinajstić information content (AvgIpc) is 3.26. The van der Waals surface area contributed by atoms with E-state index in [-0.39, 0.29) is 37.2 Å². The van der Waals surface area contributed by atoms with Crippen LogP contribution in [0.15, 0.2) is 30.5 Å². The number of aryl methyl sites for hydroxylation is 1. The van der Waals surface area contributed by atoms with Crippen LogP contribution in [-0.2, 0) is 35.4 Å². The quantitative estimate of drug-likeness (QED) is 0.661. The fourth-order valence-electron chi connectivity index (χ4n) is 4.18. The molecule has 2 bridgehead atoms. The van der Waals surface area contributed by atoms with Gasteiger partial charge < -0.3 is 14.7 Å². The summed E-state index contributed by atoms with van der Waals surface area (Å²) in [5.74, 6) is -0.103. The van der Waals surface area contributed by atoms with E-state index in [9.17, 15) is 23.1 Å². The largest absolute Gasteiger partial charge is 0.416 e. The third-order valence-corrected chi connectivity index (χ3v) is 6.27. The average molecular weight is 498 g/mol. The summed E-state index contributed by atoms with van der Waals surface area (Å²) < 4.78 is 46.5. The van der Waals surface area contributed by atoms with E-state index in [1.165, 1.54) is 12.1 Å². The van der Waals surface area contributed by atoms with Crippen LogP contribution in [0.5, 0.6) is 0 Å². The summed E-state index contributed by atoms with van der Waals surface area (Å²) in [4.78, 5) is 16.6. The van der Waals surface area contributed by atoms with Crippen molar-refractivity contribution in [2.45, 2.75) is 64.7 Å². The second kappa shape index (κ2) is 12.0. The highest BCUT2D eigenvalue weighted by atomic mass is 19.4. The zero-order valence-corrected chi connectivity index (χ0v) is 20.4.